The van der Waals surface area contributed by atoms with Crippen LogP contribution in [0.3, 0.4) is 0 Å². The molecule has 1 atom stereocenters. The number of aromatic carboxylic acids is 1. The summed E-state index contributed by atoms with van der Waals surface area (Å²) >= 11 is 0. The molecule has 1 N–H and O–H groups in total. The molecular weight excluding hydrogens is 434 g/mol. The predicted octanol–water partition coefficient (Wildman–Crippen LogP) is 4.06. The van der Waals surface area contributed by atoms with Gasteiger partial charge in [0.25, 0.3) is 0 Å². The highest BCUT2D eigenvalue weighted by Crippen LogP contribution is 2.41. The molecule has 0 spiro atoms. The van der Waals surface area contributed by atoms with E-state index in [1.54, 1.807) is 29.2 Å². The van der Waals surface area contributed by atoms with Crippen LogP contribution < -0.4 is 4.74 Å². The third kappa shape index (κ3) is 3.59. The van der Waals surface area contributed by atoms with Gasteiger partial charge in [-0.1, -0.05) is 25.5 Å². The molecule has 34 heavy (non-hydrogen) atoms. The van der Waals surface area contributed by atoms with Crippen LogP contribution in [-0.4, -0.2) is 57.6 Å². The number of carbonyl (C=O) groups is 3. The van der Waals surface area contributed by atoms with Crippen LogP contribution in [0.15, 0.2) is 42.5 Å². The number of benzene rings is 2. The van der Waals surface area contributed by atoms with Gasteiger partial charge in [0.15, 0.2) is 0 Å². The number of imide groups is 1. The summed E-state index contributed by atoms with van der Waals surface area (Å²) in [5.41, 5.74) is 4.03. The lowest BCUT2D eigenvalue weighted by Crippen LogP contribution is -2.56. The van der Waals surface area contributed by atoms with Crippen molar-refractivity contribution in [1.29, 1.82) is 0 Å². The third-order valence-electron chi connectivity index (χ3n) is 6.77. The molecule has 8 nitrogen and oxygen atoms in total. The highest BCUT2D eigenvalue weighted by atomic mass is 16.5. The number of rotatable bonds is 7. The van der Waals surface area contributed by atoms with Gasteiger partial charge in [-0.2, -0.15) is 0 Å². The highest BCUT2D eigenvalue weighted by molar-refractivity contribution is 6.04. The van der Waals surface area contributed by atoms with E-state index in [1.807, 2.05) is 18.2 Å². The maximum atomic E-state index is 13.1. The van der Waals surface area contributed by atoms with E-state index in [0.29, 0.717) is 26.2 Å². The van der Waals surface area contributed by atoms with Crippen LogP contribution in [0.1, 0.15) is 52.9 Å². The van der Waals surface area contributed by atoms with Crippen LogP contribution in [0.4, 0.5) is 4.79 Å². The summed E-state index contributed by atoms with van der Waals surface area (Å²) in [6.45, 7) is 4.04. The van der Waals surface area contributed by atoms with Crippen LogP contribution >= 0.6 is 0 Å². The molecule has 3 aromatic rings. The van der Waals surface area contributed by atoms with E-state index in [2.05, 4.69) is 11.5 Å². The second-order valence-corrected chi connectivity index (χ2v) is 8.94. The normalized spacial score (nSPS) is 17.3. The van der Waals surface area contributed by atoms with Crippen LogP contribution in [0.5, 0.6) is 5.75 Å². The largest absolute Gasteiger partial charge is 0.494 e. The van der Waals surface area contributed by atoms with Crippen LogP contribution in [0.2, 0.25) is 0 Å². The summed E-state index contributed by atoms with van der Waals surface area (Å²) in [4.78, 5) is 40.0. The summed E-state index contributed by atoms with van der Waals surface area (Å²) in [5.74, 6) is -0.811. The second-order valence-electron chi connectivity index (χ2n) is 8.94. The first-order valence-electron chi connectivity index (χ1n) is 11.6. The Morgan fingerprint density at radius 1 is 1.15 bits per heavy atom. The standard InChI is InChI=1S/C26H27N3O5/c1-3-4-11-34-18-9-10-21-19(12-18)23-20-14-28(26(33)27(2)24(20)30)15-22(23)29(21)13-16-5-7-17(8-6-16)25(31)32/h5-10,12,20H,3-4,11,13-15H2,1-2H3,(H,31,32). The fourth-order valence-corrected chi connectivity index (χ4v) is 4.96. The number of hydrogen-bond donors (Lipinski definition) is 1. The van der Waals surface area contributed by atoms with Crippen LogP contribution in [0.25, 0.3) is 10.9 Å². The molecule has 2 bridgehead atoms. The smallest absolute Gasteiger partial charge is 0.335 e. The van der Waals surface area contributed by atoms with Gasteiger partial charge >= 0.3 is 12.0 Å². The van der Waals surface area contributed by atoms with Gasteiger partial charge in [-0.3, -0.25) is 9.69 Å². The molecule has 0 saturated carbocycles. The van der Waals surface area contributed by atoms with E-state index in [1.165, 1.54) is 11.9 Å². The zero-order chi connectivity index (χ0) is 24.0. The minimum absolute atomic E-state index is 0.190. The Morgan fingerprint density at radius 3 is 2.62 bits per heavy atom. The van der Waals surface area contributed by atoms with Gasteiger partial charge < -0.3 is 19.3 Å². The van der Waals surface area contributed by atoms with Gasteiger partial charge in [0.05, 0.1) is 24.6 Å². The first-order chi connectivity index (χ1) is 16.4. The first-order valence-corrected chi connectivity index (χ1v) is 11.6. The highest BCUT2D eigenvalue weighted by Gasteiger charge is 2.44. The van der Waals surface area contributed by atoms with Gasteiger partial charge in [-0.05, 0) is 47.9 Å². The van der Waals surface area contributed by atoms with Gasteiger partial charge in [-0.25, -0.2) is 9.59 Å². The summed E-state index contributed by atoms with van der Waals surface area (Å²) < 4.78 is 8.09. The minimum atomic E-state index is -0.965. The number of nitrogens with zero attached hydrogens (tertiary/aromatic N) is 3. The topological polar surface area (TPSA) is 92.1 Å². The lowest BCUT2D eigenvalue weighted by atomic mass is 9.89. The molecule has 1 unspecified atom stereocenters. The number of ether oxygens (including phenoxy) is 1. The number of carbonyl (C=O) groups excluding carboxylic acids is 2. The van der Waals surface area contributed by atoms with Crippen molar-refractivity contribution in [2.24, 2.45) is 0 Å². The molecule has 0 aliphatic carbocycles. The zero-order valence-corrected chi connectivity index (χ0v) is 19.3. The monoisotopic (exact) mass is 461 g/mol. The summed E-state index contributed by atoms with van der Waals surface area (Å²) in [7, 11) is 1.54. The van der Waals surface area contributed by atoms with Crippen molar-refractivity contribution in [3.8, 4) is 5.75 Å². The first kappa shape index (κ1) is 22.0. The molecule has 2 aromatic carbocycles. The van der Waals surface area contributed by atoms with Crippen LogP contribution in [-0.2, 0) is 17.9 Å². The number of fused-ring (bicyclic) bond motifs is 6. The average Bonchev–Trinajstić information content (AvgIpc) is 3.14. The number of carboxylic acids is 1. The number of amides is 3. The van der Waals surface area contributed by atoms with E-state index in [9.17, 15) is 19.5 Å². The molecule has 0 radical (unpaired) electrons. The average molecular weight is 462 g/mol. The molecule has 8 heteroatoms. The maximum absolute atomic E-state index is 13.1. The molecule has 3 amide bonds. The van der Waals surface area contributed by atoms with E-state index < -0.39 is 11.9 Å². The lowest BCUT2D eigenvalue weighted by molar-refractivity contribution is -0.132. The zero-order valence-electron chi connectivity index (χ0n) is 19.3. The van der Waals surface area contributed by atoms with Crippen molar-refractivity contribution in [3.63, 3.8) is 0 Å². The molecule has 5 rings (SSSR count). The fourth-order valence-electron chi connectivity index (χ4n) is 4.96. The Hall–Kier alpha value is -3.81. The minimum Gasteiger partial charge on any atom is -0.494 e. The van der Waals surface area contributed by atoms with Gasteiger partial charge in [0.1, 0.15) is 5.75 Å². The molecule has 1 aromatic heterocycles. The number of likely N-dealkylation sites (N-methyl/N-ethyl adjacent to an activating group) is 1. The molecule has 2 aliphatic rings. The van der Waals surface area contributed by atoms with Gasteiger partial charge in [0.2, 0.25) is 5.91 Å². The Bertz CT molecular complexity index is 1290. The summed E-state index contributed by atoms with van der Waals surface area (Å²) in [6.07, 6.45) is 2.01. The number of urea groups is 1. The third-order valence-corrected chi connectivity index (χ3v) is 6.77. The van der Waals surface area contributed by atoms with Crippen molar-refractivity contribution in [1.82, 2.24) is 14.4 Å². The molecule has 1 saturated heterocycles. The van der Waals surface area contributed by atoms with Crippen molar-refractivity contribution in [2.45, 2.75) is 38.8 Å². The number of aromatic nitrogens is 1. The van der Waals surface area contributed by atoms with Crippen molar-refractivity contribution in [2.75, 3.05) is 20.2 Å². The lowest BCUT2D eigenvalue weighted by Gasteiger charge is -2.41. The summed E-state index contributed by atoms with van der Waals surface area (Å²) in [5, 5.41) is 10.2. The van der Waals surface area contributed by atoms with Gasteiger partial charge in [-0.15, -0.1) is 0 Å². The maximum Gasteiger partial charge on any atom is 0.335 e. The SMILES string of the molecule is CCCCOc1ccc2c(c1)c1c(n2Cc2ccc(C(=O)O)cc2)CN2CC1C(=O)N(C)C2=O. The Labute approximate surface area is 197 Å². The van der Waals surface area contributed by atoms with Crippen molar-refractivity contribution in [3.05, 3.63) is 64.8 Å². The number of carboxylic acid groups (broad SMARTS) is 1. The quantitative estimate of drug-likeness (QED) is 0.536. The van der Waals surface area contributed by atoms with E-state index >= 15 is 0 Å². The second kappa shape index (κ2) is 8.52. The summed E-state index contributed by atoms with van der Waals surface area (Å²) in [6, 6.07) is 12.5. The Kier molecular flexibility index (Phi) is 5.51. The molecular formula is C26H27N3O5. The predicted molar refractivity (Wildman–Crippen MR) is 126 cm³/mol. The fraction of sp³-hybridized carbons (Fsp3) is 0.346. The Morgan fingerprint density at radius 2 is 1.91 bits per heavy atom. The van der Waals surface area contributed by atoms with E-state index in [0.717, 1.165) is 46.3 Å². The number of hydrogen-bond acceptors (Lipinski definition) is 4. The van der Waals surface area contributed by atoms with Crippen LogP contribution in [0, 0.1) is 0 Å². The van der Waals surface area contributed by atoms with E-state index in [-0.39, 0.29) is 17.5 Å². The van der Waals surface area contributed by atoms with Crippen molar-refractivity contribution < 1.29 is 24.2 Å². The molecule has 1 fully saturated rings. The van der Waals surface area contributed by atoms with Gasteiger partial charge in [0, 0.05) is 36.7 Å². The number of unbranched alkanes of at least 4 members (excludes halogenated alkanes) is 1. The Balaban J connectivity index is 1.62. The van der Waals surface area contributed by atoms with Crippen molar-refractivity contribution >= 4 is 28.8 Å². The molecule has 176 valence electrons. The molecule has 2 aliphatic heterocycles. The molecule has 3 heterocycles. The van der Waals surface area contributed by atoms with E-state index in [4.69, 9.17) is 4.74 Å².